The highest BCUT2D eigenvalue weighted by Gasteiger charge is 2.35. The maximum absolute atomic E-state index is 12.6. The van der Waals surface area contributed by atoms with E-state index in [0.717, 1.165) is 29.3 Å². The number of para-hydroxylation sites is 1. The van der Waals surface area contributed by atoms with Gasteiger partial charge < -0.3 is 15.0 Å². The van der Waals surface area contributed by atoms with Gasteiger partial charge in [-0.2, -0.15) is 0 Å². The fraction of sp³-hybridized carbons (Fsp3) is 0.500. The van der Waals surface area contributed by atoms with Crippen molar-refractivity contribution in [3.63, 3.8) is 0 Å². The van der Waals surface area contributed by atoms with E-state index < -0.39 is 0 Å². The van der Waals surface area contributed by atoms with E-state index in [1.807, 2.05) is 45.3 Å². The number of pyridine rings is 1. The number of aryl methyl sites for hydroxylation is 1. The molecule has 0 aliphatic carbocycles. The first kappa shape index (κ1) is 18.6. The molecule has 1 amide bonds. The maximum Gasteiger partial charge on any atom is 0.251 e. The molecule has 140 valence electrons. The van der Waals surface area contributed by atoms with Crippen LogP contribution in [-0.2, 0) is 16.1 Å². The number of carbonyl (C=O) groups excluding carboxylic acids is 1. The molecule has 3 rings (SSSR count). The van der Waals surface area contributed by atoms with Crippen LogP contribution in [0.2, 0.25) is 0 Å². The number of aromatic nitrogens is 1. The summed E-state index contributed by atoms with van der Waals surface area (Å²) < 4.78 is 7.01. The third kappa shape index (κ3) is 3.66. The van der Waals surface area contributed by atoms with Gasteiger partial charge in [0.15, 0.2) is 0 Å². The largest absolute Gasteiger partial charge is 0.381 e. The second kappa shape index (κ2) is 7.60. The lowest BCUT2D eigenvalue weighted by atomic mass is 9.88. The molecule has 2 aromatic rings. The number of amides is 1. The average molecular weight is 357 g/mol. The Kier molecular flexibility index (Phi) is 5.44. The summed E-state index contributed by atoms with van der Waals surface area (Å²) in [5, 5.41) is 4.03. The van der Waals surface area contributed by atoms with Crippen LogP contribution in [-0.4, -0.2) is 54.8 Å². The Morgan fingerprint density at radius 3 is 2.65 bits per heavy atom. The topological polar surface area (TPSA) is 63.6 Å². The van der Waals surface area contributed by atoms with E-state index in [1.54, 1.807) is 10.6 Å². The molecule has 0 saturated carbocycles. The van der Waals surface area contributed by atoms with Gasteiger partial charge in [-0.1, -0.05) is 18.2 Å². The highest BCUT2D eigenvalue weighted by atomic mass is 16.5. The molecule has 6 heteroatoms. The van der Waals surface area contributed by atoms with Crippen LogP contribution in [0.1, 0.15) is 18.4 Å². The predicted molar refractivity (Wildman–Crippen MR) is 102 cm³/mol. The summed E-state index contributed by atoms with van der Waals surface area (Å²) in [6, 6.07) is 9.28. The Morgan fingerprint density at radius 2 is 1.96 bits per heavy atom. The molecule has 0 atom stereocenters. The number of nitrogens with zero attached hydrogens (tertiary/aromatic N) is 2. The Hall–Kier alpha value is -2.18. The Bertz CT molecular complexity index is 851. The normalized spacial score (nSPS) is 16.8. The molecule has 1 aromatic carbocycles. The van der Waals surface area contributed by atoms with E-state index in [4.69, 9.17) is 4.74 Å². The fourth-order valence-corrected chi connectivity index (χ4v) is 3.66. The van der Waals surface area contributed by atoms with E-state index >= 15 is 0 Å². The molecule has 1 fully saturated rings. The van der Waals surface area contributed by atoms with E-state index in [9.17, 15) is 9.59 Å². The van der Waals surface area contributed by atoms with Crippen molar-refractivity contribution >= 4 is 16.8 Å². The second-order valence-corrected chi connectivity index (χ2v) is 7.28. The third-order valence-corrected chi connectivity index (χ3v) is 5.51. The minimum Gasteiger partial charge on any atom is -0.381 e. The standard InChI is InChI=1S/C20H27N3O3/c1-15-12-19(25)23(17-7-5-4-6-16(15)17)13-18(24)21-14-20(22(2)3)8-10-26-11-9-20/h4-7,12H,8-11,13-14H2,1-3H3,(H,21,24). The number of likely N-dealkylation sites (N-methyl/N-ethyl adjacent to an activating group) is 1. The van der Waals surface area contributed by atoms with E-state index in [-0.39, 0.29) is 23.6 Å². The molecule has 2 heterocycles. The molecule has 0 radical (unpaired) electrons. The minimum absolute atomic E-state index is 0.0274. The Balaban J connectivity index is 1.77. The van der Waals surface area contributed by atoms with E-state index in [0.29, 0.717) is 19.8 Å². The SMILES string of the molecule is Cc1cc(=O)n(CC(=O)NCC2(N(C)C)CCOCC2)c2ccccc12. The minimum atomic E-state index is -0.148. The average Bonchev–Trinajstić information content (AvgIpc) is 2.64. The van der Waals surface area contributed by atoms with Crippen molar-refractivity contribution in [3.8, 4) is 0 Å². The predicted octanol–water partition coefficient (Wildman–Crippen LogP) is 1.54. The first-order chi connectivity index (χ1) is 12.4. The zero-order valence-corrected chi connectivity index (χ0v) is 15.7. The molecule has 1 N–H and O–H groups in total. The molecule has 1 aliphatic heterocycles. The number of hydrogen-bond acceptors (Lipinski definition) is 4. The monoisotopic (exact) mass is 357 g/mol. The van der Waals surface area contributed by atoms with Crippen LogP contribution >= 0.6 is 0 Å². The summed E-state index contributed by atoms with van der Waals surface area (Å²) in [5.41, 5.74) is 1.48. The molecular weight excluding hydrogens is 330 g/mol. The van der Waals surface area contributed by atoms with Gasteiger partial charge in [0.05, 0.1) is 5.52 Å². The highest BCUT2D eigenvalue weighted by Crippen LogP contribution is 2.25. The molecule has 1 aromatic heterocycles. The maximum atomic E-state index is 12.6. The van der Waals surface area contributed by atoms with Crippen molar-refractivity contribution in [1.29, 1.82) is 0 Å². The van der Waals surface area contributed by atoms with Crippen molar-refractivity contribution in [2.45, 2.75) is 31.8 Å². The van der Waals surface area contributed by atoms with Gasteiger partial charge >= 0.3 is 0 Å². The summed E-state index contributed by atoms with van der Waals surface area (Å²) in [5.74, 6) is -0.145. The summed E-state index contributed by atoms with van der Waals surface area (Å²) >= 11 is 0. The zero-order chi connectivity index (χ0) is 18.7. The molecule has 26 heavy (non-hydrogen) atoms. The quantitative estimate of drug-likeness (QED) is 0.882. The van der Waals surface area contributed by atoms with Gasteiger partial charge in [-0.05, 0) is 45.5 Å². The smallest absolute Gasteiger partial charge is 0.251 e. The van der Waals surface area contributed by atoms with Crippen molar-refractivity contribution in [2.24, 2.45) is 0 Å². The number of carbonyl (C=O) groups is 1. The van der Waals surface area contributed by atoms with E-state index in [2.05, 4.69) is 10.2 Å². The van der Waals surface area contributed by atoms with Gasteiger partial charge in [0.1, 0.15) is 6.54 Å². The second-order valence-electron chi connectivity index (χ2n) is 7.28. The summed E-state index contributed by atoms with van der Waals surface area (Å²) in [6.45, 7) is 3.91. The van der Waals surface area contributed by atoms with Crippen molar-refractivity contribution in [2.75, 3.05) is 33.9 Å². The van der Waals surface area contributed by atoms with Crippen LogP contribution in [0.5, 0.6) is 0 Å². The van der Waals surface area contributed by atoms with Gasteiger partial charge in [-0.15, -0.1) is 0 Å². The van der Waals surface area contributed by atoms with Crippen molar-refractivity contribution in [1.82, 2.24) is 14.8 Å². The first-order valence-electron chi connectivity index (χ1n) is 9.04. The van der Waals surface area contributed by atoms with Gasteiger partial charge in [0.2, 0.25) is 5.91 Å². The summed E-state index contributed by atoms with van der Waals surface area (Å²) in [6.07, 6.45) is 1.77. The number of fused-ring (bicyclic) bond motifs is 1. The molecule has 6 nitrogen and oxygen atoms in total. The third-order valence-electron chi connectivity index (χ3n) is 5.51. The lowest BCUT2D eigenvalue weighted by Gasteiger charge is -2.42. The van der Waals surface area contributed by atoms with Crippen LogP contribution in [0.4, 0.5) is 0 Å². The highest BCUT2D eigenvalue weighted by molar-refractivity contribution is 5.84. The molecule has 1 saturated heterocycles. The fourth-order valence-electron chi connectivity index (χ4n) is 3.66. The number of benzene rings is 1. The lowest BCUT2D eigenvalue weighted by Crippen LogP contribution is -2.56. The van der Waals surface area contributed by atoms with Crippen molar-refractivity contribution < 1.29 is 9.53 Å². The summed E-state index contributed by atoms with van der Waals surface area (Å²) in [4.78, 5) is 27.2. The Labute approximate surface area is 153 Å². The van der Waals surface area contributed by atoms with Gasteiger partial charge in [0, 0.05) is 36.8 Å². The number of hydrogen-bond donors (Lipinski definition) is 1. The molecule has 1 aliphatic rings. The number of ether oxygens (including phenoxy) is 1. The molecule has 0 spiro atoms. The van der Waals surface area contributed by atoms with Crippen LogP contribution in [0.15, 0.2) is 35.1 Å². The van der Waals surface area contributed by atoms with Crippen molar-refractivity contribution in [3.05, 3.63) is 46.2 Å². The van der Waals surface area contributed by atoms with Crippen LogP contribution in [0.25, 0.3) is 10.9 Å². The molecule has 0 bridgehead atoms. The zero-order valence-electron chi connectivity index (χ0n) is 15.7. The Morgan fingerprint density at radius 1 is 1.27 bits per heavy atom. The number of rotatable bonds is 5. The molecular formula is C20H27N3O3. The van der Waals surface area contributed by atoms with Crippen LogP contribution in [0.3, 0.4) is 0 Å². The first-order valence-corrected chi connectivity index (χ1v) is 9.04. The summed E-state index contributed by atoms with van der Waals surface area (Å²) in [7, 11) is 4.07. The van der Waals surface area contributed by atoms with E-state index in [1.165, 1.54) is 0 Å². The molecule has 0 unspecified atom stereocenters. The van der Waals surface area contributed by atoms with Crippen LogP contribution < -0.4 is 10.9 Å². The lowest BCUT2D eigenvalue weighted by molar-refractivity contribution is -0.122. The van der Waals surface area contributed by atoms with Gasteiger partial charge in [-0.3, -0.25) is 14.2 Å². The van der Waals surface area contributed by atoms with Gasteiger partial charge in [-0.25, -0.2) is 0 Å². The van der Waals surface area contributed by atoms with Crippen LogP contribution in [0, 0.1) is 6.92 Å². The number of nitrogens with one attached hydrogen (secondary N) is 1. The van der Waals surface area contributed by atoms with Gasteiger partial charge in [0.25, 0.3) is 5.56 Å².